The molecule has 3 aliphatic heterocycles. The fourth-order valence-corrected chi connectivity index (χ4v) is 3.68. The van der Waals surface area contributed by atoms with Crippen molar-refractivity contribution in [1.29, 1.82) is 0 Å². The fraction of sp³-hybridized carbons (Fsp3) is 0.250. The summed E-state index contributed by atoms with van der Waals surface area (Å²) in [4.78, 5) is 12.5. The minimum atomic E-state index is -0.408. The SMILES string of the molecule is COc1ccc([C@H]2C3=C(COC3=O)Oc3cc4c(cc32)OCO4)c(OC)c1. The highest BCUT2D eigenvalue weighted by atomic mass is 16.7. The lowest BCUT2D eigenvalue weighted by Gasteiger charge is -2.27. The van der Waals surface area contributed by atoms with Crippen molar-refractivity contribution in [1.82, 2.24) is 0 Å². The van der Waals surface area contributed by atoms with Gasteiger partial charge < -0.3 is 28.4 Å². The summed E-state index contributed by atoms with van der Waals surface area (Å²) >= 11 is 0. The van der Waals surface area contributed by atoms with Crippen molar-refractivity contribution in [2.45, 2.75) is 5.92 Å². The van der Waals surface area contributed by atoms with E-state index >= 15 is 0 Å². The zero-order valence-corrected chi connectivity index (χ0v) is 14.7. The number of methoxy groups -OCH3 is 2. The van der Waals surface area contributed by atoms with E-state index in [0.29, 0.717) is 40.1 Å². The molecule has 0 bridgehead atoms. The molecule has 0 fully saturated rings. The molecule has 27 heavy (non-hydrogen) atoms. The van der Waals surface area contributed by atoms with Crippen molar-refractivity contribution < 1.29 is 33.2 Å². The first-order valence-corrected chi connectivity index (χ1v) is 8.43. The summed E-state index contributed by atoms with van der Waals surface area (Å²) in [7, 11) is 3.17. The van der Waals surface area contributed by atoms with Crippen LogP contribution in [0.2, 0.25) is 0 Å². The van der Waals surface area contributed by atoms with Crippen LogP contribution < -0.4 is 23.7 Å². The number of carbonyl (C=O) groups is 1. The van der Waals surface area contributed by atoms with Gasteiger partial charge in [-0.05, 0) is 12.1 Å². The molecule has 7 nitrogen and oxygen atoms in total. The monoisotopic (exact) mass is 368 g/mol. The molecule has 0 aromatic heterocycles. The number of benzene rings is 2. The van der Waals surface area contributed by atoms with Gasteiger partial charge in [-0.2, -0.15) is 0 Å². The van der Waals surface area contributed by atoms with Gasteiger partial charge in [0, 0.05) is 23.3 Å². The van der Waals surface area contributed by atoms with Crippen LogP contribution in [0.25, 0.3) is 0 Å². The Balaban J connectivity index is 1.73. The van der Waals surface area contributed by atoms with Gasteiger partial charge in [-0.3, -0.25) is 0 Å². The molecule has 1 atom stereocenters. The summed E-state index contributed by atoms with van der Waals surface area (Å²) < 4.78 is 33.0. The summed E-state index contributed by atoms with van der Waals surface area (Å²) in [6, 6.07) is 9.14. The van der Waals surface area contributed by atoms with Gasteiger partial charge in [-0.25, -0.2) is 4.79 Å². The highest BCUT2D eigenvalue weighted by Crippen LogP contribution is 2.51. The second-order valence-corrected chi connectivity index (χ2v) is 6.30. The molecular weight excluding hydrogens is 352 g/mol. The largest absolute Gasteiger partial charge is 0.497 e. The molecule has 0 radical (unpaired) electrons. The maximum Gasteiger partial charge on any atom is 0.339 e. The van der Waals surface area contributed by atoms with Gasteiger partial charge in [-0.1, -0.05) is 6.07 Å². The molecule has 0 aliphatic carbocycles. The molecular formula is C20H16O7. The first-order valence-electron chi connectivity index (χ1n) is 8.43. The molecule has 7 heteroatoms. The lowest BCUT2D eigenvalue weighted by Crippen LogP contribution is -2.18. The van der Waals surface area contributed by atoms with Crippen LogP contribution in [0.4, 0.5) is 0 Å². The molecule has 3 heterocycles. The topological polar surface area (TPSA) is 72.5 Å². The van der Waals surface area contributed by atoms with E-state index in [1.54, 1.807) is 26.4 Å². The van der Waals surface area contributed by atoms with Crippen LogP contribution in [-0.4, -0.2) is 33.6 Å². The summed E-state index contributed by atoms with van der Waals surface area (Å²) in [5.74, 6) is 2.82. The van der Waals surface area contributed by atoms with Crippen LogP contribution in [-0.2, 0) is 9.53 Å². The fourth-order valence-electron chi connectivity index (χ4n) is 3.68. The van der Waals surface area contributed by atoms with Crippen molar-refractivity contribution in [3.05, 3.63) is 52.8 Å². The number of hydrogen-bond acceptors (Lipinski definition) is 7. The third-order valence-corrected chi connectivity index (χ3v) is 4.94. The highest BCUT2D eigenvalue weighted by Gasteiger charge is 2.42. The zero-order valence-electron chi connectivity index (χ0n) is 14.7. The molecule has 0 spiro atoms. The normalized spacial score (nSPS) is 19.2. The third-order valence-electron chi connectivity index (χ3n) is 4.94. The van der Waals surface area contributed by atoms with Gasteiger partial charge in [0.05, 0.1) is 25.7 Å². The number of hydrogen-bond donors (Lipinski definition) is 0. The number of carbonyl (C=O) groups excluding carboxylic acids is 1. The number of rotatable bonds is 3. The van der Waals surface area contributed by atoms with E-state index in [1.807, 2.05) is 18.2 Å². The van der Waals surface area contributed by atoms with Gasteiger partial charge in [0.25, 0.3) is 0 Å². The minimum absolute atomic E-state index is 0.108. The van der Waals surface area contributed by atoms with Crippen LogP contribution in [0, 0.1) is 0 Å². The van der Waals surface area contributed by atoms with Crippen molar-refractivity contribution in [2.75, 3.05) is 27.6 Å². The zero-order chi connectivity index (χ0) is 18.5. The van der Waals surface area contributed by atoms with E-state index in [2.05, 4.69) is 0 Å². The first kappa shape index (κ1) is 15.9. The number of ether oxygens (including phenoxy) is 6. The first-order chi connectivity index (χ1) is 13.2. The van der Waals surface area contributed by atoms with E-state index in [0.717, 1.165) is 11.1 Å². The van der Waals surface area contributed by atoms with E-state index in [4.69, 9.17) is 28.4 Å². The standard InChI is InChI=1S/C20H16O7/c1-22-10-3-4-11(13(5-10)23-2)18-12-6-15-16(26-9-25-15)7-14(12)27-17-8-24-20(21)19(17)18/h3-7,18H,8-9H2,1-2H3/t18-/m1/s1. The van der Waals surface area contributed by atoms with Gasteiger partial charge in [0.15, 0.2) is 17.3 Å². The predicted octanol–water partition coefficient (Wildman–Crippen LogP) is 2.77. The van der Waals surface area contributed by atoms with E-state index in [-0.39, 0.29) is 13.4 Å². The summed E-state index contributed by atoms with van der Waals surface area (Å²) in [5.41, 5.74) is 2.08. The van der Waals surface area contributed by atoms with Crippen LogP contribution in [0.15, 0.2) is 41.7 Å². The van der Waals surface area contributed by atoms with Crippen molar-refractivity contribution in [2.24, 2.45) is 0 Å². The molecule has 138 valence electrons. The van der Waals surface area contributed by atoms with Crippen LogP contribution >= 0.6 is 0 Å². The second kappa shape index (κ2) is 5.84. The van der Waals surface area contributed by atoms with E-state index in [1.165, 1.54) is 0 Å². The van der Waals surface area contributed by atoms with Crippen LogP contribution in [0.3, 0.4) is 0 Å². The van der Waals surface area contributed by atoms with Crippen LogP contribution in [0.1, 0.15) is 17.0 Å². The Morgan fingerprint density at radius 2 is 1.74 bits per heavy atom. The van der Waals surface area contributed by atoms with Crippen molar-refractivity contribution in [3.63, 3.8) is 0 Å². The quantitative estimate of drug-likeness (QED) is 0.772. The van der Waals surface area contributed by atoms with E-state index in [9.17, 15) is 4.79 Å². The Kier molecular flexibility index (Phi) is 3.43. The van der Waals surface area contributed by atoms with Crippen molar-refractivity contribution in [3.8, 4) is 28.7 Å². The maximum atomic E-state index is 12.5. The lowest BCUT2D eigenvalue weighted by molar-refractivity contribution is -0.136. The van der Waals surface area contributed by atoms with Gasteiger partial charge >= 0.3 is 5.97 Å². The molecule has 5 rings (SSSR count). The van der Waals surface area contributed by atoms with Crippen LogP contribution in [0.5, 0.6) is 28.7 Å². The molecule has 3 aliphatic rings. The third kappa shape index (κ3) is 2.31. The average molecular weight is 368 g/mol. The maximum absolute atomic E-state index is 12.5. The lowest BCUT2D eigenvalue weighted by atomic mass is 9.82. The number of fused-ring (bicyclic) bond motifs is 2. The van der Waals surface area contributed by atoms with Gasteiger partial charge in [-0.15, -0.1) is 0 Å². The summed E-state index contributed by atoms with van der Waals surface area (Å²) in [6.07, 6.45) is 0. The molecule has 0 saturated heterocycles. The highest BCUT2D eigenvalue weighted by molar-refractivity contribution is 5.95. The Morgan fingerprint density at radius 3 is 2.52 bits per heavy atom. The molecule has 0 amide bonds. The molecule has 2 aromatic carbocycles. The van der Waals surface area contributed by atoms with Gasteiger partial charge in [0.1, 0.15) is 23.9 Å². The second-order valence-electron chi connectivity index (χ2n) is 6.30. The molecule has 2 aromatic rings. The number of esters is 1. The van der Waals surface area contributed by atoms with E-state index < -0.39 is 11.9 Å². The Hall–Kier alpha value is -3.35. The predicted molar refractivity (Wildman–Crippen MR) is 92.6 cm³/mol. The molecule has 0 N–H and O–H groups in total. The number of cyclic esters (lactones) is 1. The Labute approximate surface area is 155 Å². The molecule has 0 saturated carbocycles. The summed E-state index contributed by atoms with van der Waals surface area (Å²) in [6.45, 7) is 0.265. The average Bonchev–Trinajstić information content (AvgIpc) is 3.30. The summed E-state index contributed by atoms with van der Waals surface area (Å²) in [5, 5.41) is 0. The Bertz CT molecular complexity index is 992. The van der Waals surface area contributed by atoms with Crippen molar-refractivity contribution >= 4 is 5.97 Å². The minimum Gasteiger partial charge on any atom is -0.497 e. The van der Waals surface area contributed by atoms with Gasteiger partial charge in [0.2, 0.25) is 6.79 Å². The molecule has 0 unspecified atom stereocenters. The smallest absolute Gasteiger partial charge is 0.339 e. The Morgan fingerprint density at radius 1 is 0.926 bits per heavy atom.